The van der Waals surface area contributed by atoms with Crippen LogP contribution in [0, 0.1) is 0 Å². The first-order valence-corrected chi connectivity index (χ1v) is 6.48. The molecule has 9 heteroatoms. The van der Waals surface area contributed by atoms with Gasteiger partial charge in [-0.2, -0.15) is 0 Å². The van der Waals surface area contributed by atoms with Crippen molar-refractivity contribution in [3.05, 3.63) is 0 Å². The first-order chi connectivity index (χ1) is 3.46. The van der Waals surface area contributed by atoms with Gasteiger partial charge < -0.3 is 0 Å². The van der Waals surface area contributed by atoms with Crippen molar-refractivity contribution in [1.82, 2.24) is 0 Å². The summed E-state index contributed by atoms with van der Waals surface area (Å²) in [5, 5.41) is 0. The normalized spacial score (nSPS) is 5.56. The summed E-state index contributed by atoms with van der Waals surface area (Å²) in [6, 6.07) is 0. The van der Waals surface area contributed by atoms with Gasteiger partial charge in [-0.25, -0.2) is 0 Å². The molecule has 0 saturated carbocycles. The standard InChI is InChI=1S/Co.2Nb.6O/q+2;;;;;;;2*-1. The molecule has 1 radical (unpaired) electrons. The van der Waals surface area contributed by atoms with E-state index in [4.69, 9.17) is 20.2 Å². The summed E-state index contributed by atoms with van der Waals surface area (Å²) in [6.45, 7) is 0. The third kappa shape index (κ3) is 375. The van der Waals surface area contributed by atoms with E-state index in [1.807, 2.05) is 0 Å². The molecular weight excluding hydrogens is 341 g/mol. The van der Waals surface area contributed by atoms with Crippen LogP contribution < -0.4 is 7.23 Å². The Morgan fingerprint density at radius 2 is 0.778 bits per heavy atom. The molecular formula is CoNb2O6. The van der Waals surface area contributed by atoms with Gasteiger partial charge in [0.2, 0.25) is 0 Å². The third-order valence-corrected chi connectivity index (χ3v) is 0. The van der Waals surface area contributed by atoms with Crippen molar-refractivity contribution in [2.45, 2.75) is 0 Å². The fourth-order valence-corrected chi connectivity index (χ4v) is 0. The summed E-state index contributed by atoms with van der Waals surface area (Å²) in [7, 11) is 0. The molecule has 0 unspecified atom stereocenters. The summed E-state index contributed by atoms with van der Waals surface area (Å²) in [4.78, 5) is 0. The molecule has 0 amide bonds. The molecule has 0 N–H and O–H groups in total. The van der Waals surface area contributed by atoms with Crippen molar-refractivity contribution in [1.29, 1.82) is 0 Å². The quantitative estimate of drug-likeness (QED) is 0.438. The zero-order chi connectivity index (χ0) is 7.15. The summed E-state index contributed by atoms with van der Waals surface area (Å²) in [6.07, 6.45) is 0. The van der Waals surface area contributed by atoms with E-state index in [1.54, 1.807) is 0 Å². The molecule has 0 atom stereocenters. The minimum absolute atomic E-state index is 0. The Balaban J connectivity index is -0.0000000720. The van der Waals surface area contributed by atoms with Gasteiger partial charge in [0.25, 0.3) is 0 Å². The van der Waals surface area contributed by atoms with E-state index in [9.17, 15) is 0 Å². The predicted molar refractivity (Wildman–Crippen MR) is 2.75 cm³/mol. The number of hydrogen-bond donors (Lipinski definition) is 0. The molecule has 55 valence electrons. The van der Waals surface area contributed by atoms with Gasteiger partial charge in [-0.05, 0) is 0 Å². The van der Waals surface area contributed by atoms with Crippen molar-refractivity contribution in [2.75, 3.05) is 0 Å². The average molecular weight is 341 g/mol. The zero-order valence-corrected chi connectivity index (χ0v) is 9.12. The van der Waals surface area contributed by atoms with E-state index in [0.29, 0.717) is 0 Å². The summed E-state index contributed by atoms with van der Waals surface area (Å²) >= 11 is -8.40. The van der Waals surface area contributed by atoms with Gasteiger partial charge in [0.1, 0.15) is 0 Å². The van der Waals surface area contributed by atoms with E-state index in [0.717, 1.165) is 0 Å². The molecule has 0 saturated heterocycles. The van der Waals surface area contributed by atoms with E-state index in [2.05, 4.69) is 0 Å². The van der Waals surface area contributed by atoms with Crippen LogP contribution in [-0.2, 0) is 67.4 Å². The number of rotatable bonds is 0. The summed E-state index contributed by atoms with van der Waals surface area (Å²) in [5.74, 6) is 0. The van der Waals surface area contributed by atoms with Gasteiger partial charge in [-0.15, -0.1) is 0 Å². The second-order valence-electron chi connectivity index (χ2n) is 0.447. The van der Waals surface area contributed by atoms with Crippen LogP contribution >= 0.6 is 0 Å². The molecule has 0 bridgehead atoms. The van der Waals surface area contributed by atoms with Gasteiger partial charge in [0, 0.05) is 0 Å². The van der Waals surface area contributed by atoms with Gasteiger partial charge in [0.15, 0.2) is 0 Å². The van der Waals surface area contributed by atoms with E-state index in [1.165, 1.54) is 0 Å². The molecule has 0 fully saturated rings. The van der Waals surface area contributed by atoms with Gasteiger partial charge in [0.05, 0.1) is 0 Å². The molecule has 9 heavy (non-hydrogen) atoms. The zero-order valence-electron chi connectivity index (χ0n) is 3.68. The molecule has 0 aromatic carbocycles. The van der Waals surface area contributed by atoms with E-state index >= 15 is 0 Å². The Bertz CT molecular complexity index is 128. The van der Waals surface area contributed by atoms with Crippen LogP contribution in [0.3, 0.4) is 0 Å². The Hall–Kier alpha value is 1.11. The van der Waals surface area contributed by atoms with Crippen LogP contribution in [-0.4, -0.2) is 0 Å². The van der Waals surface area contributed by atoms with Crippen molar-refractivity contribution in [3.63, 3.8) is 0 Å². The van der Waals surface area contributed by atoms with Crippen LogP contribution in [0.1, 0.15) is 0 Å². The van der Waals surface area contributed by atoms with Crippen molar-refractivity contribution in [3.8, 4) is 0 Å². The van der Waals surface area contributed by atoms with Gasteiger partial charge in [-0.1, -0.05) is 0 Å². The average Bonchev–Trinajstić information content (AvgIpc) is 1.25. The molecule has 0 aromatic heterocycles. The van der Waals surface area contributed by atoms with E-state index in [-0.39, 0.29) is 16.8 Å². The predicted octanol–water partition coefficient (Wildman–Crippen LogP) is -2.86. The molecule has 0 heterocycles. The molecule has 0 aliphatic carbocycles. The molecule has 0 rings (SSSR count). The van der Waals surface area contributed by atoms with Crippen LogP contribution in [0.25, 0.3) is 0 Å². The first-order valence-electron chi connectivity index (χ1n) is 1.10. The van der Waals surface area contributed by atoms with Crippen LogP contribution in [0.15, 0.2) is 0 Å². The Labute approximate surface area is 74.0 Å². The Morgan fingerprint density at radius 3 is 0.778 bits per heavy atom. The maximum absolute atomic E-state index is 8.60. The van der Waals surface area contributed by atoms with Crippen molar-refractivity contribution < 1.29 is 74.6 Å². The fourth-order valence-electron chi connectivity index (χ4n) is 0. The monoisotopic (exact) mass is 341 g/mol. The molecule has 0 aliphatic heterocycles. The maximum atomic E-state index is 8.60. The van der Waals surface area contributed by atoms with Crippen molar-refractivity contribution >= 4 is 0 Å². The van der Waals surface area contributed by atoms with Crippen molar-refractivity contribution in [2.24, 2.45) is 0 Å². The number of hydrogen-bond acceptors (Lipinski definition) is 6. The minimum atomic E-state index is -4.20. The van der Waals surface area contributed by atoms with Gasteiger partial charge in [-0.3, -0.25) is 0 Å². The third-order valence-electron chi connectivity index (χ3n) is 0. The van der Waals surface area contributed by atoms with Crippen LogP contribution in [0.4, 0.5) is 0 Å². The fraction of sp³-hybridized carbons (Fsp3) is 0. The topological polar surface area (TPSA) is 114 Å². The second kappa shape index (κ2) is 11.9. The SMILES string of the molecule is [Co+2].[O]=[Nb](=[O])[O-].[O]=[Nb](=[O])[O-]. The van der Waals surface area contributed by atoms with Crippen LogP contribution in [0.5, 0.6) is 0 Å². The molecule has 6 nitrogen and oxygen atoms in total. The summed E-state index contributed by atoms with van der Waals surface area (Å²) in [5.41, 5.74) is 0. The van der Waals surface area contributed by atoms with Crippen LogP contribution in [0.2, 0.25) is 0 Å². The Morgan fingerprint density at radius 1 is 0.778 bits per heavy atom. The molecule has 0 spiro atoms. The van der Waals surface area contributed by atoms with E-state index < -0.39 is 37.6 Å². The summed E-state index contributed by atoms with van der Waals surface area (Å²) < 4.78 is 51.6. The Kier molecular flexibility index (Phi) is 21.9. The van der Waals surface area contributed by atoms with Gasteiger partial charge >= 0.3 is 74.6 Å². The molecule has 0 aliphatic rings. The first kappa shape index (κ1) is 16.6. The second-order valence-corrected chi connectivity index (χ2v) is 2.65. The molecule has 0 aromatic rings.